The number of hydrogen-bond acceptors (Lipinski definition) is 3. The fraction of sp³-hybridized carbons (Fsp3) is 0.333. The Morgan fingerprint density at radius 3 is 2.78 bits per heavy atom. The van der Waals surface area contributed by atoms with Gasteiger partial charge in [0, 0.05) is 38.1 Å². The van der Waals surface area contributed by atoms with E-state index in [1.54, 1.807) is 0 Å². The molecule has 1 N–H and O–H groups in total. The van der Waals surface area contributed by atoms with Crippen LogP contribution in [-0.2, 0) is 6.54 Å². The van der Waals surface area contributed by atoms with Gasteiger partial charge in [0.2, 0.25) is 0 Å². The molecule has 0 unspecified atom stereocenters. The highest BCUT2D eigenvalue weighted by atomic mass is 16.1. The Morgan fingerprint density at radius 2 is 1.93 bits per heavy atom. The summed E-state index contributed by atoms with van der Waals surface area (Å²) in [4.78, 5) is 22.6. The smallest absolute Gasteiger partial charge is 0.307 e. The number of aromatic nitrogens is 4. The Balaban J connectivity index is 1.31. The van der Waals surface area contributed by atoms with Crippen LogP contribution in [0.5, 0.6) is 0 Å². The number of imidazole rings is 2. The van der Waals surface area contributed by atoms with Gasteiger partial charge in [-0.15, -0.1) is 0 Å². The van der Waals surface area contributed by atoms with E-state index in [1.807, 2.05) is 28.8 Å². The molecule has 0 atom stereocenters. The lowest BCUT2D eigenvalue weighted by Gasteiger charge is -2.32. The van der Waals surface area contributed by atoms with Crippen LogP contribution < -0.4 is 5.69 Å². The molecule has 0 bridgehead atoms. The van der Waals surface area contributed by atoms with Crippen molar-refractivity contribution < 1.29 is 0 Å². The maximum Gasteiger partial charge on any atom is 0.326 e. The summed E-state index contributed by atoms with van der Waals surface area (Å²) in [6.07, 6.45) is 6.20. The van der Waals surface area contributed by atoms with Crippen molar-refractivity contribution in [1.29, 1.82) is 0 Å². The summed E-state index contributed by atoms with van der Waals surface area (Å²) >= 11 is 0. The fourth-order valence-corrected chi connectivity index (χ4v) is 4.23. The number of nitrogens with zero attached hydrogens (tertiary/aromatic N) is 4. The van der Waals surface area contributed by atoms with E-state index >= 15 is 0 Å². The quantitative estimate of drug-likeness (QED) is 0.610. The molecule has 0 saturated carbocycles. The number of hydrogen-bond donors (Lipinski definition) is 1. The number of aryl methyl sites for hydroxylation is 1. The molecule has 0 amide bonds. The van der Waals surface area contributed by atoms with Crippen molar-refractivity contribution in [2.75, 3.05) is 13.1 Å². The highest BCUT2D eigenvalue weighted by molar-refractivity contribution is 5.75. The summed E-state index contributed by atoms with van der Waals surface area (Å²) in [6.45, 7) is 4.90. The second-order valence-corrected chi connectivity index (χ2v) is 7.53. The molecule has 1 aliphatic rings. The molecule has 4 heterocycles. The molecule has 0 spiro atoms. The first-order valence-corrected chi connectivity index (χ1v) is 9.53. The summed E-state index contributed by atoms with van der Waals surface area (Å²) in [5.41, 5.74) is 5.27. The van der Waals surface area contributed by atoms with Crippen LogP contribution in [-0.4, -0.2) is 36.9 Å². The molecule has 1 aliphatic heterocycles. The van der Waals surface area contributed by atoms with Crippen LogP contribution in [0.25, 0.3) is 16.7 Å². The van der Waals surface area contributed by atoms with E-state index in [0.717, 1.165) is 54.9 Å². The normalized spacial score (nSPS) is 16.5. The summed E-state index contributed by atoms with van der Waals surface area (Å²) in [6, 6.07) is 12.4. The first-order valence-electron chi connectivity index (χ1n) is 9.53. The van der Waals surface area contributed by atoms with Crippen LogP contribution in [0.3, 0.4) is 0 Å². The van der Waals surface area contributed by atoms with Crippen LogP contribution in [0.1, 0.15) is 30.1 Å². The second kappa shape index (κ2) is 6.39. The Labute approximate surface area is 157 Å². The van der Waals surface area contributed by atoms with Gasteiger partial charge < -0.3 is 9.38 Å². The summed E-state index contributed by atoms with van der Waals surface area (Å²) in [7, 11) is 0. The van der Waals surface area contributed by atoms with Crippen molar-refractivity contribution in [3.05, 3.63) is 70.5 Å². The number of rotatable bonds is 3. The number of H-pyrrole nitrogens is 1. The molecule has 1 saturated heterocycles. The van der Waals surface area contributed by atoms with E-state index in [2.05, 4.69) is 45.7 Å². The molecule has 27 heavy (non-hydrogen) atoms. The minimum atomic E-state index is 0.00497. The molecule has 4 aromatic rings. The molecule has 3 aromatic heterocycles. The molecule has 0 radical (unpaired) electrons. The first kappa shape index (κ1) is 16.3. The van der Waals surface area contributed by atoms with Crippen molar-refractivity contribution in [3.8, 4) is 0 Å². The van der Waals surface area contributed by atoms with E-state index in [4.69, 9.17) is 4.98 Å². The predicted molar refractivity (Wildman–Crippen MR) is 106 cm³/mol. The lowest BCUT2D eigenvalue weighted by atomic mass is 10.0. The first-order chi connectivity index (χ1) is 13.2. The van der Waals surface area contributed by atoms with Crippen molar-refractivity contribution in [1.82, 2.24) is 23.8 Å². The maximum absolute atomic E-state index is 12.4. The Morgan fingerprint density at radius 1 is 1.11 bits per heavy atom. The van der Waals surface area contributed by atoms with Gasteiger partial charge in [-0.2, -0.15) is 0 Å². The number of aromatic amines is 1. The van der Waals surface area contributed by atoms with Gasteiger partial charge >= 0.3 is 5.69 Å². The number of nitrogens with one attached hydrogen (secondary N) is 1. The SMILES string of the molecule is Cc1ccc2nc(CN3CCC(n4c(=O)[nH]c5ccccc54)CC3)cn2c1. The third kappa shape index (κ3) is 2.96. The number of benzene rings is 1. The zero-order valence-corrected chi connectivity index (χ0v) is 15.4. The maximum atomic E-state index is 12.4. The molecule has 5 rings (SSSR count). The molecule has 0 aliphatic carbocycles. The monoisotopic (exact) mass is 361 g/mol. The third-order valence-corrected chi connectivity index (χ3v) is 5.58. The highest BCUT2D eigenvalue weighted by Gasteiger charge is 2.24. The van der Waals surface area contributed by atoms with Crippen molar-refractivity contribution in [2.24, 2.45) is 0 Å². The van der Waals surface area contributed by atoms with Crippen molar-refractivity contribution in [3.63, 3.8) is 0 Å². The Bertz CT molecular complexity index is 1160. The zero-order chi connectivity index (χ0) is 18.4. The molecular weight excluding hydrogens is 338 g/mol. The van der Waals surface area contributed by atoms with Crippen LogP contribution >= 0.6 is 0 Å². The van der Waals surface area contributed by atoms with Gasteiger partial charge in [0.15, 0.2) is 0 Å². The topological polar surface area (TPSA) is 58.3 Å². The Kier molecular flexibility index (Phi) is 3.86. The van der Waals surface area contributed by atoms with Crippen LogP contribution in [0.2, 0.25) is 0 Å². The number of para-hydroxylation sites is 2. The number of fused-ring (bicyclic) bond motifs is 2. The second-order valence-electron chi connectivity index (χ2n) is 7.53. The fourth-order valence-electron chi connectivity index (χ4n) is 4.23. The van der Waals surface area contributed by atoms with E-state index in [9.17, 15) is 4.79 Å². The lowest BCUT2D eigenvalue weighted by Crippen LogP contribution is -2.36. The van der Waals surface area contributed by atoms with Gasteiger partial charge in [-0.05, 0) is 43.5 Å². The van der Waals surface area contributed by atoms with E-state index in [-0.39, 0.29) is 11.7 Å². The van der Waals surface area contributed by atoms with Crippen molar-refractivity contribution in [2.45, 2.75) is 32.4 Å². The standard InChI is InChI=1S/C21H23N5O/c1-15-6-7-20-22-16(14-25(20)12-15)13-24-10-8-17(9-11-24)26-19-5-3-2-4-18(19)23-21(26)27/h2-7,12,14,17H,8-11,13H2,1H3,(H,23,27). The van der Waals surface area contributed by atoms with Crippen LogP contribution in [0, 0.1) is 6.92 Å². The number of piperidine rings is 1. The van der Waals surface area contributed by atoms with Gasteiger partial charge in [0.1, 0.15) is 5.65 Å². The van der Waals surface area contributed by atoms with Crippen molar-refractivity contribution >= 4 is 16.7 Å². The van der Waals surface area contributed by atoms with Crippen LogP contribution in [0.4, 0.5) is 0 Å². The summed E-state index contributed by atoms with van der Waals surface area (Å²) in [5.74, 6) is 0. The minimum Gasteiger partial charge on any atom is -0.307 e. The van der Waals surface area contributed by atoms with Gasteiger partial charge in [-0.1, -0.05) is 18.2 Å². The minimum absolute atomic E-state index is 0.00497. The van der Waals surface area contributed by atoms with Gasteiger partial charge in [0.05, 0.1) is 16.7 Å². The number of pyridine rings is 1. The largest absolute Gasteiger partial charge is 0.326 e. The summed E-state index contributed by atoms with van der Waals surface area (Å²) < 4.78 is 4.04. The van der Waals surface area contributed by atoms with Gasteiger partial charge in [-0.3, -0.25) is 9.47 Å². The molecule has 6 heteroatoms. The van der Waals surface area contributed by atoms with E-state index in [1.165, 1.54) is 5.56 Å². The third-order valence-electron chi connectivity index (χ3n) is 5.58. The van der Waals surface area contributed by atoms with E-state index < -0.39 is 0 Å². The number of likely N-dealkylation sites (tertiary alicyclic amines) is 1. The molecule has 1 aromatic carbocycles. The van der Waals surface area contributed by atoms with Gasteiger partial charge in [0.25, 0.3) is 0 Å². The zero-order valence-electron chi connectivity index (χ0n) is 15.4. The molecule has 6 nitrogen and oxygen atoms in total. The highest BCUT2D eigenvalue weighted by Crippen LogP contribution is 2.25. The summed E-state index contributed by atoms with van der Waals surface area (Å²) in [5, 5.41) is 0. The predicted octanol–water partition coefficient (Wildman–Crippen LogP) is 3.12. The average molecular weight is 361 g/mol. The van der Waals surface area contributed by atoms with Crippen LogP contribution in [0.15, 0.2) is 53.6 Å². The molecule has 138 valence electrons. The average Bonchev–Trinajstić information content (AvgIpc) is 3.21. The van der Waals surface area contributed by atoms with Gasteiger partial charge in [-0.25, -0.2) is 9.78 Å². The lowest BCUT2D eigenvalue weighted by molar-refractivity contribution is 0.178. The van der Waals surface area contributed by atoms with E-state index in [0.29, 0.717) is 0 Å². The molecular formula is C21H23N5O. The molecule has 1 fully saturated rings. The Hall–Kier alpha value is -2.86.